The van der Waals surface area contributed by atoms with Gasteiger partial charge in [0, 0.05) is 26.2 Å². The molecule has 0 N–H and O–H groups in total. The Balaban J connectivity index is 1.91. The quantitative estimate of drug-likeness (QED) is 0.647. The molecule has 2 atom stereocenters. The summed E-state index contributed by atoms with van der Waals surface area (Å²) in [5.41, 5.74) is 1.38. The molecule has 1 fully saturated rings. The molecule has 0 aliphatic carbocycles. The number of hydrazine groups is 1. The van der Waals surface area contributed by atoms with Crippen LogP contribution in [0.2, 0.25) is 0 Å². The second kappa shape index (κ2) is 3.48. The molecule has 1 aliphatic rings. The Morgan fingerprint density at radius 2 is 2.00 bits per heavy atom. The highest BCUT2D eigenvalue weighted by Crippen LogP contribution is 2.19. The van der Waals surface area contributed by atoms with Gasteiger partial charge in [-0.15, -0.1) is 0 Å². The van der Waals surface area contributed by atoms with E-state index in [9.17, 15) is 0 Å². The van der Waals surface area contributed by atoms with Crippen LogP contribution in [0.25, 0.3) is 0 Å². The first-order valence-electron chi connectivity index (χ1n) is 4.79. The first-order chi connectivity index (χ1) is 6.27. The number of nitrogens with zero attached hydrogens (tertiary/aromatic N) is 2. The van der Waals surface area contributed by atoms with E-state index in [1.165, 1.54) is 12.1 Å². The third-order valence-corrected chi connectivity index (χ3v) is 2.52. The molecule has 0 amide bonds. The SMILES string of the molecule is CC1CN1N(C)Cc1ccccc1. The maximum atomic E-state index is 2.37. The highest BCUT2D eigenvalue weighted by atomic mass is 15.7. The van der Waals surface area contributed by atoms with Gasteiger partial charge in [-0.3, -0.25) is 0 Å². The second-order valence-electron chi connectivity index (χ2n) is 3.77. The standard InChI is InChI=1S/C11H16N2/c1-10-8-13(10)12(2)9-11-6-4-3-5-7-11/h3-7,10H,8-9H2,1-2H3. The summed E-state index contributed by atoms with van der Waals surface area (Å²) in [4.78, 5) is 0. The number of benzene rings is 1. The maximum Gasteiger partial charge on any atom is 0.0381 e. The maximum absolute atomic E-state index is 2.37. The molecule has 1 aromatic rings. The minimum absolute atomic E-state index is 0.744. The van der Waals surface area contributed by atoms with Crippen LogP contribution in [-0.2, 0) is 6.54 Å². The van der Waals surface area contributed by atoms with Gasteiger partial charge in [0.2, 0.25) is 0 Å². The summed E-state index contributed by atoms with van der Waals surface area (Å²) >= 11 is 0. The smallest absolute Gasteiger partial charge is 0.0381 e. The fourth-order valence-electron chi connectivity index (χ4n) is 1.64. The van der Waals surface area contributed by atoms with Gasteiger partial charge < -0.3 is 0 Å². The zero-order valence-corrected chi connectivity index (χ0v) is 8.27. The van der Waals surface area contributed by atoms with Crippen molar-refractivity contribution in [2.45, 2.75) is 19.5 Å². The van der Waals surface area contributed by atoms with Crippen molar-refractivity contribution in [3.05, 3.63) is 35.9 Å². The molecule has 2 nitrogen and oxygen atoms in total. The van der Waals surface area contributed by atoms with Crippen molar-refractivity contribution in [2.75, 3.05) is 13.6 Å². The van der Waals surface area contributed by atoms with E-state index in [1.54, 1.807) is 0 Å². The predicted octanol–water partition coefficient (Wildman–Crippen LogP) is 1.74. The summed E-state index contributed by atoms with van der Waals surface area (Å²) in [6.45, 7) is 4.48. The summed E-state index contributed by atoms with van der Waals surface area (Å²) < 4.78 is 0. The average molecular weight is 176 g/mol. The fraction of sp³-hybridized carbons (Fsp3) is 0.455. The van der Waals surface area contributed by atoms with E-state index < -0.39 is 0 Å². The van der Waals surface area contributed by atoms with Crippen LogP contribution in [0.5, 0.6) is 0 Å². The molecule has 0 radical (unpaired) electrons. The first kappa shape index (κ1) is 8.73. The minimum atomic E-state index is 0.744. The lowest BCUT2D eigenvalue weighted by atomic mass is 10.2. The van der Waals surface area contributed by atoms with Gasteiger partial charge in [-0.1, -0.05) is 30.3 Å². The molecular formula is C11H16N2. The molecule has 13 heavy (non-hydrogen) atoms. The van der Waals surface area contributed by atoms with E-state index in [2.05, 4.69) is 54.3 Å². The van der Waals surface area contributed by atoms with E-state index >= 15 is 0 Å². The van der Waals surface area contributed by atoms with Gasteiger partial charge in [0.15, 0.2) is 0 Å². The monoisotopic (exact) mass is 176 g/mol. The molecule has 1 saturated heterocycles. The van der Waals surface area contributed by atoms with Crippen LogP contribution in [0.1, 0.15) is 12.5 Å². The summed E-state index contributed by atoms with van der Waals surface area (Å²) in [5.74, 6) is 0. The molecule has 0 bridgehead atoms. The van der Waals surface area contributed by atoms with Gasteiger partial charge in [0.25, 0.3) is 0 Å². The van der Waals surface area contributed by atoms with Gasteiger partial charge in [0.1, 0.15) is 0 Å². The van der Waals surface area contributed by atoms with Crippen molar-refractivity contribution in [2.24, 2.45) is 0 Å². The molecule has 70 valence electrons. The number of hydrogen-bond acceptors (Lipinski definition) is 2. The Morgan fingerprint density at radius 3 is 2.54 bits per heavy atom. The third-order valence-electron chi connectivity index (χ3n) is 2.52. The summed E-state index contributed by atoms with van der Waals surface area (Å²) in [6.07, 6.45) is 0. The highest BCUT2D eigenvalue weighted by molar-refractivity contribution is 5.14. The van der Waals surface area contributed by atoms with Crippen LogP contribution >= 0.6 is 0 Å². The van der Waals surface area contributed by atoms with Gasteiger partial charge in [-0.2, -0.15) is 0 Å². The summed E-state index contributed by atoms with van der Waals surface area (Å²) in [6, 6.07) is 11.3. The highest BCUT2D eigenvalue weighted by Gasteiger charge is 2.32. The molecular weight excluding hydrogens is 160 g/mol. The van der Waals surface area contributed by atoms with Crippen LogP contribution in [0.3, 0.4) is 0 Å². The Bertz CT molecular complexity index is 271. The number of hydrogen-bond donors (Lipinski definition) is 0. The predicted molar refractivity (Wildman–Crippen MR) is 54.1 cm³/mol. The molecule has 0 saturated carbocycles. The van der Waals surface area contributed by atoms with Gasteiger partial charge in [-0.25, -0.2) is 10.0 Å². The molecule has 2 unspecified atom stereocenters. The van der Waals surface area contributed by atoms with Crippen molar-refractivity contribution < 1.29 is 0 Å². The summed E-state index contributed by atoms with van der Waals surface area (Å²) in [5, 5.41) is 4.66. The molecule has 1 aromatic carbocycles. The van der Waals surface area contributed by atoms with Crippen molar-refractivity contribution >= 4 is 0 Å². The first-order valence-corrected chi connectivity index (χ1v) is 4.79. The topological polar surface area (TPSA) is 6.25 Å². The van der Waals surface area contributed by atoms with E-state index in [0.29, 0.717) is 0 Å². The minimum Gasteiger partial charge on any atom is -0.240 e. The second-order valence-corrected chi connectivity index (χ2v) is 3.77. The van der Waals surface area contributed by atoms with Gasteiger partial charge in [0.05, 0.1) is 0 Å². The normalized spacial score (nSPS) is 26.4. The Kier molecular flexibility index (Phi) is 2.34. The van der Waals surface area contributed by atoms with E-state index in [0.717, 1.165) is 12.6 Å². The largest absolute Gasteiger partial charge is 0.240 e. The zero-order chi connectivity index (χ0) is 9.26. The van der Waals surface area contributed by atoms with Crippen LogP contribution in [0.4, 0.5) is 0 Å². The van der Waals surface area contributed by atoms with Crippen molar-refractivity contribution in [1.29, 1.82) is 0 Å². The van der Waals surface area contributed by atoms with Gasteiger partial charge in [-0.05, 0) is 12.5 Å². The van der Waals surface area contributed by atoms with E-state index in [4.69, 9.17) is 0 Å². The fourth-order valence-corrected chi connectivity index (χ4v) is 1.64. The van der Waals surface area contributed by atoms with Crippen LogP contribution in [0.15, 0.2) is 30.3 Å². The third kappa shape index (κ3) is 2.08. The Hall–Kier alpha value is -0.860. The van der Waals surface area contributed by atoms with Crippen molar-refractivity contribution in [3.8, 4) is 0 Å². The van der Waals surface area contributed by atoms with Crippen LogP contribution < -0.4 is 0 Å². The number of rotatable bonds is 3. The zero-order valence-electron chi connectivity index (χ0n) is 8.27. The average Bonchev–Trinajstić information content (AvgIpc) is 2.84. The lowest BCUT2D eigenvalue weighted by Gasteiger charge is -2.17. The van der Waals surface area contributed by atoms with Crippen molar-refractivity contribution in [1.82, 2.24) is 10.0 Å². The summed E-state index contributed by atoms with van der Waals surface area (Å²) in [7, 11) is 2.15. The Morgan fingerprint density at radius 1 is 1.38 bits per heavy atom. The van der Waals surface area contributed by atoms with E-state index in [-0.39, 0.29) is 0 Å². The molecule has 0 aromatic heterocycles. The van der Waals surface area contributed by atoms with Gasteiger partial charge >= 0.3 is 0 Å². The lowest BCUT2D eigenvalue weighted by molar-refractivity contribution is 0.103. The molecule has 1 aliphatic heterocycles. The molecule has 2 heteroatoms. The van der Waals surface area contributed by atoms with E-state index in [1.807, 2.05) is 0 Å². The van der Waals surface area contributed by atoms with Crippen molar-refractivity contribution in [3.63, 3.8) is 0 Å². The van der Waals surface area contributed by atoms with Crippen LogP contribution in [-0.4, -0.2) is 29.7 Å². The lowest BCUT2D eigenvalue weighted by Crippen LogP contribution is -2.25. The van der Waals surface area contributed by atoms with Crippen LogP contribution in [0, 0.1) is 0 Å². The molecule has 1 heterocycles. The molecule has 0 spiro atoms. The molecule has 2 rings (SSSR count). The Labute approximate surface area is 79.7 Å².